The molecular formula is C15H18IN3O. The maximum absolute atomic E-state index is 6.04. The molecule has 1 heterocycles. The van der Waals surface area contributed by atoms with Crippen molar-refractivity contribution >= 4 is 28.4 Å². The number of benzene rings is 1. The number of aromatic nitrogens is 2. The fourth-order valence-electron chi connectivity index (χ4n) is 1.85. The molecule has 2 N–H and O–H groups in total. The number of methoxy groups -OCH3 is 1. The van der Waals surface area contributed by atoms with Crippen molar-refractivity contribution in [2.75, 3.05) is 12.8 Å². The van der Waals surface area contributed by atoms with Gasteiger partial charge in [0, 0.05) is 11.0 Å². The Balaban J connectivity index is 2.60. The Bertz CT molecular complexity index is 636. The van der Waals surface area contributed by atoms with Gasteiger partial charge in [-0.25, -0.2) is 9.97 Å². The molecule has 0 unspecified atom stereocenters. The van der Waals surface area contributed by atoms with Gasteiger partial charge in [-0.05, 0) is 34.7 Å². The molecule has 0 spiro atoms. The summed E-state index contributed by atoms with van der Waals surface area (Å²) in [7, 11) is 1.64. The minimum Gasteiger partial charge on any atom is -0.497 e. The van der Waals surface area contributed by atoms with Gasteiger partial charge in [-0.1, -0.05) is 32.9 Å². The molecule has 0 saturated heterocycles. The normalized spacial score (nSPS) is 11.4. The minimum absolute atomic E-state index is 0.0821. The smallest absolute Gasteiger partial charge is 0.161 e. The van der Waals surface area contributed by atoms with E-state index < -0.39 is 0 Å². The molecule has 2 aromatic rings. The van der Waals surface area contributed by atoms with Crippen LogP contribution in [0.3, 0.4) is 0 Å². The van der Waals surface area contributed by atoms with E-state index in [9.17, 15) is 0 Å². The average Bonchev–Trinajstić information content (AvgIpc) is 2.40. The Kier molecular flexibility index (Phi) is 4.17. The minimum atomic E-state index is -0.0821. The van der Waals surface area contributed by atoms with Crippen LogP contribution in [0.5, 0.6) is 5.75 Å². The lowest BCUT2D eigenvalue weighted by Crippen LogP contribution is -2.18. The summed E-state index contributed by atoms with van der Waals surface area (Å²) in [4.78, 5) is 9.09. The Morgan fingerprint density at radius 3 is 2.50 bits per heavy atom. The van der Waals surface area contributed by atoms with Crippen molar-refractivity contribution in [1.82, 2.24) is 9.97 Å². The number of nitrogens with two attached hydrogens (primary N) is 1. The summed E-state index contributed by atoms with van der Waals surface area (Å²) in [6.07, 6.45) is 0. The summed E-state index contributed by atoms with van der Waals surface area (Å²) in [6, 6.07) is 7.68. The fraction of sp³-hybridized carbons (Fsp3) is 0.333. The second-order valence-corrected chi connectivity index (χ2v) is 6.66. The zero-order valence-electron chi connectivity index (χ0n) is 12.1. The molecule has 0 aliphatic rings. The molecule has 106 valence electrons. The quantitative estimate of drug-likeness (QED) is 0.805. The van der Waals surface area contributed by atoms with Crippen LogP contribution in [0.1, 0.15) is 26.5 Å². The number of hydrogen-bond donors (Lipinski definition) is 1. The van der Waals surface area contributed by atoms with Crippen LogP contribution in [0.15, 0.2) is 24.3 Å². The fourth-order valence-corrected chi connectivity index (χ4v) is 2.90. The van der Waals surface area contributed by atoms with E-state index in [0.717, 1.165) is 20.6 Å². The van der Waals surface area contributed by atoms with Gasteiger partial charge in [0.05, 0.1) is 16.4 Å². The van der Waals surface area contributed by atoms with E-state index in [1.807, 2.05) is 24.3 Å². The van der Waals surface area contributed by atoms with E-state index >= 15 is 0 Å². The first-order valence-corrected chi connectivity index (χ1v) is 7.38. The number of nitrogens with zero attached hydrogens (tertiary/aromatic N) is 2. The molecule has 20 heavy (non-hydrogen) atoms. The van der Waals surface area contributed by atoms with Gasteiger partial charge in [0.2, 0.25) is 0 Å². The van der Waals surface area contributed by atoms with E-state index in [1.54, 1.807) is 7.11 Å². The summed E-state index contributed by atoms with van der Waals surface area (Å²) in [5, 5.41) is 0. The predicted molar refractivity (Wildman–Crippen MR) is 89.8 cm³/mol. The van der Waals surface area contributed by atoms with Gasteiger partial charge in [0.15, 0.2) is 5.82 Å². The summed E-state index contributed by atoms with van der Waals surface area (Å²) in [5.41, 5.74) is 7.82. The molecular weight excluding hydrogens is 365 g/mol. The third-order valence-electron chi connectivity index (χ3n) is 2.92. The highest BCUT2D eigenvalue weighted by atomic mass is 127. The van der Waals surface area contributed by atoms with Crippen molar-refractivity contribution < 1.29 is 4.74 Å². The van der Waals surface area contributed by atoms with Crippen LogP contribution in [0, 0.1) is 3.57 Å². The highest BCUT2D eigenvalue weighted by molar-refractivity contribution is 14.1. The van der Waals surface area contributed by atoms with Crippen molar-refractivity contribution in [2.24, 2.45) is 0 Å². The van der Waals surface area contributed by atoms with Gasteiger partial charge in [0.25, 0.3) is 0 Å². The average molecular weight is 383 g/mol. The molecule has 4 nitrogen and oxygen atoms in total. The Morgan fingerprint density at radius 2 is 1.90 bits per heavy atom. The number of hydrogen-bond acceptors (Lipinski definition) is 4. The monoisotopic (exact) mass is 383 g/mol. The molecule has 0 aliphatic heterocycles. The molecule has 0 bridgehead atoms. The number of ether oxygens (including phenoxy) is 1. The van der Waals surface area contributed by atoms with E-state index in [4.69, 9.17) is 15.5 Å². The number of halogens is 1. The third-order valence-corrected chi connectivity index (χ3v) is 3.98. The van der Waals surface area contributed by atoms with E-state index in [2.05, 4.69) is 48.3 Å². The molecule has 0 aliphatic carbocycles. The lowest BCUT2D eigenvalue weighted by Gasteiger charge is -2.21. The Labute approximate surface area is 132 Å². The van der Waals surface area contributed by atoms with Crippen LogP contribution in [0.2, 0.25) is 0 Å². The van der Waals surface area contributed by atoms with Gasteiger partial charge in [-0.3, -0.25) is 0 Å². The number of nitrogen functional groups attached to an aromatic ring is 1. The first-order chi connectivity index (χ1) is 9.32. The van der Waals surface area contributed by atoms with E-state index in [-0.39, 0.29) is 5.41 Å². The summed E-state index contributed by atoms with van der Waals surface area (Å²) >= 11 is 2.21. The topological polar surface area (TPSA) is 61.0 Å². The zero-order chi connectivity index (χ0) is 14.9. The molecule has 0 amide bonds. The van der Waals surface area contributed by atoms with Gasteiger partial charge >= 0.3 is 0 Å². The Hall–Kier alpha value is -1.37. The van der Waals surface area contributed by atoms with Crippen molar-refractivity contribution in [3.05, 3.63) is 33.5 Å². The van der Waals surface area contributed by atoms with Gasteiger partial charge in [0.1, 0.15) is 11.6 Å². The molecule has 0 fully saturated rings. The van der Waals surface area contributed by atoms with Crippen LogP contribution < -0.4 is 10.5 Å². The van der Waals surface area contributed by atoms with Crippen LogP contribution >= 0.6 is 22.6 Å². The maximum atomic E-state index is 6.04. The van der Waals surface area contributed by atoms with E-state index in [1.165, 1.54) is 0 Å². The third kappa shape index (κ3) is 3.03. The van der Waals surface area contributed by atoms with Crippen molar-refractivity contribution in [1.29, 1.82) is 0 Å². The van der Waals surface area contributed by atoms with Gasteiger partial charge in [-0.2, -0.15) is 0 Å². The predicted octanol–water partition coefficient (Wildman–Crippen LogP) is 3.64. The summed E-state index contributed by atoms with van der Waals surface area (Å²) < 4.78 is 6.16. The first-order valence-electron chi connectivity index (χ1n) is 6.31. The Morgan fingerprint density at radius 1 is 1.20 bits per heavy atom. The molecule has 2 rings (SSSR count). The summed E-state index contributed by atoms with van der Waals surface area (Å²) in [5.74, 6) is 1.93. The molecule has 5 heteroatoms. The van der Waals surface area contributed by atoms with E-state index in [0.29, 0.717) is 11.6 Å². The molecule has 0 saturated carbocycles. The first kappa shape index (κ1) is 15.0. The molecule has 1 aromatic heterocycles. The summed E-state index contributed by atoms with van der Waals surface area (Å²) in [6.45, 7) is 6.35. The van der Waals surface area contributed by atoms with Crippen LogP contribution in [-0.2, 0) is 5.41 Å². The second kappa shape index (κ2) is 5.55. The zero-order valence-corrected chi connectivity index (χ0v) is 14.2. The largest absolute Gasteiger partial charge is 0.497 e. The number of anilines is 1. The lowest BCUT2D eigenvalue weighted by atomic mass is 9.92. The maximum Gasteiger partial charge on any atom is 0.161 e. The van der Waals surface area contributed by atoms with Crippen molar-refractivity contribution in [3.8, 4) is 17.1 Å². The van der Waals surface area contributed by atoms with Crippen LogP contribution in [0.25, 0.3) is 11.4 Å². The lowest BCUT2D eigenvalue weighted by molar-refractivity contribution is 0.415. The SMILES string of the molecule is COc1cccc(-c2nc(N)c(I)c(C(C)(C)C)n2)c1. The standard InChI is InChI=1S/C15H18IN3O/c1-15(2,3)12-11(16)13(17)19-14(18-12)9-6-5-7-10(8-9)20-4/h5-8H,1-4H3,(H2,17,18,19). The molecule has 0 atom stereocenters. The highest BCUT2D eigenvalue weighted by Crippen LogP contribution is 2.31. The van der Waals surface area contributed by atoms with Gasteiger partial charge in [-0.15, -0.1) is 0 Å². The second-order valence-electron chi connectivity index (χ2n) is 5.58. The van der Waals surface area contributed by atoms with Crippen molar-refractivity contribution in [3.63, 3.8) is 0 Å². The molecule has 0 radical (unpaired) electrons. The van der Waals surface area contributed by atoms with Crippen molar-refractivity contribution in [2.45, 2.75) is 26.2 Å². The van der Waals surface area contributed by atoms with Crippen LogP contribution in [0.4, 0.5) is 5.82 Å². The van der Waals surface area contributed by atoms with Crippen LogP contribution in [-0.4, -0.2) is 17.1 Å². The highest BCUT2D eigenvalue weighted by Gasteiger charge is 2.22. The number of rotatable bonds is 2. The molecule has 1 aromatic carbocycles. The van der Waals surface area contributed by atoms with Gasteiger partial charge < -0.3 is 10.5 Å².